The lowest BCUT2D eigenvalue weighted by Gasteiger charge is -2.16. The molecule has 0 aliphatic rings. The number of alkyl carbamates (subject to hydrolysis) is 2. The zero-order chi connectivity index (χ0) is 24.9. The first-order chi connectivity index (χ1) is 15.2. The van der Waals surface area contributed by atoms with Gasteiger partial charge in [0, 0.05) is 25.2 Å². The molecule has 32 heavy (non-hydrogen) atoms. The van der Waals surface area contributed by atoms with Crippen molar-refractivity contribution in [3.8, 4) is 0 Å². The van der Waals surface area contributed by atoms with Crippen molar-refractivity contribution in [3.63, 3.8) is 0 Å². The van der Waals surface area contributed by atoms with Crippen molar-refractivity contribution in [2.45, 2.75) is 45.8 Å². The molecule has 2 amide bonds. The standard InChI is InChI=1S/C20H32N2O8.CH4S/c1-6-17(23)27-12-15(4)29-19(25)21-10-8-9-14(3)11-22-20(26)30-16(5)13-28-18(24)7-2;1-2/h6-7,14-16H,1-2,8-13H2,3-5H3,(H,21,25)(H,22,26);2H,1H3. The van der Waals surface area contributed by atoms with E-state index in [9.17, 15) is 19.2 Å². The molecule has 3 unspecified atom stereocenters. The van der Waals surface area contributed by atoms with Crippen molar-refractivity contribution in [1.82, 2.24) is 10.6 Å². The number of nitrogens with one attached hydrogen (secondary N) is 2. The van der Waals surface area contributed by atoms with Gasteiger partial charge in [0.15, 0.2) is 0 Å². The van der Waals surface area contributed by atoms with Gasteiger partial charge in [0.1, 0.15) is 25.4 Å². The fourth-order valence-electron chi connectivity index (χ4n) is 2.03. The molecule has 0 saturated carbocycles. The molecule has 11 heteroatoms. The maximum Gasteiger partial charge on any atom is 0.407 e. The summed E-state index contributed by atoms with van der Waals surface area (Å²) in [6, 6.07) is 0. The Bertz CT molecular complexity index is 600. The summed E-state index contributed by atoms with van der Waals surface area (Å²) in [6.45, 7) is 12.4. The highest BCUT2D eigenvalue weighted by atomic mass is 32.1. The molecule has 0 rings (SSSR count). The Balaban J connectivity index is 0. The smallest absolute Gasteiger partial charge is 0.407 e. The largest absolute Gasteiger partial charge is 0.459 e. The molecule has 0 aliphatic heterocycles. The lowest BCUT2D eigenvalue weighted by molar-refractivity contribution is -0.141. The van der Waals surface area contributed by atoms with Gasteiger partial charge in [0.25, 0.3) is 0 Å². The van der Waals surface area contributed by atoms with E-state index in [1.807, 2.05) is 6.92 Å². The molecular weight excluding hydrogens is 440 g/mol. The first kappa shape index (κ1) is 31.5. The van der Waals surface area contributed by atoms with E-state index in [2.05, 4.69) is 36.4 Å². The summed E-state index contributed by atoms with van der Waals surface area (Å²) in [7, 11) is 0. The molecule has 3 atom stereocenters. The Morgan fingerprint density at radius 3 is 1.72 bits per heavy atom. The van der Waals surface area contributed by atoms with Gasteiger partial charge in [0.05, 0.1) is 0 Å². The third-order valence-corrected chi connectivity index (χ3v) is 3.61. The van der Waals surface area contributed by atoms with Gasteiger partial charge in [-0.1, -0.05) is 20.1 Å². The number of hydrogen-bond acceptors (Lipinski definition) is 9. The van der Waals surface area contributed by atoms with Crippen LogP contribution in [-0.2, 0) is 28.5 Å². The maximum atomic E-state index is 11.7. The van der Waals surface area contributed by atoms with E-state index < -0.39 is 36.3 Å². The Kier molecular flexibility index (Phi) is 19.9. The zero-order valence-corrected chi connectivity index (χ0v) is 20.2. The first-order valence-electron chi connectivity index (χ1n) is 10.1. The highest BCUT2D eigenvalue weighted by Gasteiger charge is 2.13. The molecular formula is C21H36N2O8S. The van der Waals surface area contributed by atoms with Crippen molar-refractivity contribution >= 4 is 36.8 Å². The number of hydrogen-bond donors (Lipinski definition) is 3. The monoisotopic (exact) mass is 476 g/mol. The van der Waals surface area contributed by atoms with Crippen LogP contribution in [0.5, 0.6) is 0 Å². The number of thiol groups is 1. The Labute approximate surface area is 195 Å². The summed E-state index contributed by atoms with van der Waals surface area (Å²) in [4.78, 5) is 45.2. The number of ether oxygens (including phenoxy) is 4. The van der Waals surface area contributed by atoms with Crippen LogP contribution in [0.2, 0.25) is 0 Å². The molecule has 184 valence electrons. The van der Waals surface area contributed by atoms with Crippen LogP contribution in [0, 0.1) is 5.92 Å². The third-order valence-electron chi connectivity index (χ3n) is 3.61. The van der Waals surface area contributed by atoms with E-state index in [1.165, 1.54) is 0 Å². The fourth-order valence-corrected chi connectivity index (χ4v) is 2.03. The van der Waals surface area contributed by atoms with Crippen LogP contribution in [0.1, 0.15) is 33.6 Å². The second-order valence-corrected chi connectivity index (χ2v) is 6.66. The number of rotatable bonds is 14. The van der Waals surface area contributed by atoms with Crippen LogP contribution >= 0.6 is 12.6 Å². The normalized spacial score (nSPS) is 12.4. The molecule has 0 bridgehead atoms. The van der Waals surface area contributed by atoms with Gasteiger partial charge in [0.2, 0.25) is 0 Å². The highest BCUT2D eigenvalue weighted by molar-refractivity contribution is 7.79. The lowest BCUT2D eigenvalue weighted by atomic mass is 10.1. The van der Waals surface area contributed by atoms with Crippen molar-refractivity contribution in [2.75, 3.05) is 32.6 Å². The second kappa shape index (κ2) is 20.2. The van der Waals surface area contributed by atoms with Crippen molar-refractivity contribution in [3.05, 3.63) is 25.3 Å². The van der Waals surface area contributed by atoms with Gasteiger partial charge in [-0.2, -0.15) is 12.6 Å². The average molecular weight is 477 g/mol. The Hall–Kier alpha value is -2.69. The van der Waals surface area contributed by atoms with Crippen LogP contribution in [0.15, 0.2) is 25.3 Å². The minimum Gasteiger partial charge on any atom is -0.459 e. The predicted molar refractivity (Wildman–Crippen MR) is 124 cm³/mol. The van der Waals surface area contributed by atoms with E-state index in [1.54, 1.807) is 20.1 Å². The first-order valence-corrected chi connectivity index (χ1v) is 11.0. The van der Waals surface area contributed by atoms with Gasteiger partial charge in [-0.05, 0) is 38.9 Å². The van der Waals surface area contributed by atoms with Crippen LogP contribution < -0.4 is 10.6 Å². The second-order valence-electron chi connectivity index (χ2n) is 6.66. The summed E-state index contributed by atoms with van der Waals surface area (Å²) < 4.78 is 19.7. The Morgan fingerprint density at radius 2 is 1.28 bits per heavy atom. The predicted octanol–water partition coefficient (Wildman–Crippen LogP) is 2.64. The molecule has 0 aromatic heterocycles. The fraction of sp³-hybridized carbons (Fsp3) is 0.619. The van der Waals surface area contributed by atoms with Crippen LogP contribution in [0.4, 0.5) is 9.59 Å². The lowest BCUT2D eigenvalue weighted by Crippen LogP contribution is -2.33. The zero-order valence-electron chi connectivity index (χ0n) is 19.3. The van der Waals surface area contributed by atoms with E-state index in [0.29, 0.717) is 19.5 Å². The van der Waals surface area contributed by atoms with Gasteiger partial charge in [-0.25, -0.2) is 19.2 Å². The summed E-state index contributed by atoms with van der Waals surface area (Å²) in [6.07, 6.45) is 2.83. The van der Waals surface area contributed by atoms with Crippen LogP contribution in [-0.4, -0.2) is 68.9 Å². The van der Waals surface area contributed by atoms with Gasteiger partial charge in [-0.15, -0.1) is 0 Å². The molecule has 0 aromatic carbocycles. The van der Waals surface area contributed by atoms with Crippen molar-refractivity contribution < 1.29 is 38.1 Å². The maximum absolute atomic E-state index is 11.7. The SMILES string of the molecule is C=CC(=O)OCC(C)OC(=O)NCCCC(C)CNC(=O)OC(C)COC(=O)C=C.CS. The van der Waals surface area contributed by atoms with Gasteiger partial charge < -0.3 is 29.6 Å². The average Bonchev–Trinajstić information content (AvgIpc) is 2.78. The number of carbonyl (C=O) groups excluding carboxylic acids is 4. The summed E-state index contributed by atoms with van der Waals surface area (Å²) >= 11 is 3.53. The van der Waals surface area contributed by atoms with Crippen molar-refractivity contribution in [1.29, 1.82) is 0 Å². The van der Waals surface area contributed by atoms with E-state index >= 15 is 0 Å². The van der Waals surface area contributed by atoms with E-state index in [4.69, 9.17) is 18.9 Å². The minimum absolute atomic E-state index is 0.0492. The Morgan fingerprint density at radius 1 is 0.844 bits per heavy atom. The van der Waals surface area contributed by atoms with Crippen LogP contribution in [0.3, 0.4) is 0 Å². The van der Waals surface area contributed by atoms with E-state index in [-0.39, 0.29) is 19.1 Å². The molecule has 10 nitrogen and oxygen atoms in total. The van der Waals surface area contributed by atoms with E-state index in [0.717, 1.165) is 18.6 Å². The number of esters is 2. The molecule has 2 N–H and O–H groups in total. The van der Waals surface area contributed by atoms with Crippen LogP contribution in [0.25, 0.3) is 0 Å². The molecule has 0 heterocycles. The molecule has 0 aliphatic carbocycles. The molecule has 0 radical (unpaired) electrons. The van der Waals surface area contributed by atoms with Gasteiger partial charge >= 0.3 is 24.1 Å². The summed E-state index contributed by atoms with van der Waals surface area (Å²) in [5, 5.41) is 5.24. The highest BCUT2D eigenvalue weighted by Crippen LogP contribution is 2.04. The summed E-state index contributed by atoms with van der Waals surface area (Å²) in [5.74, 6) is -1.01. The number of amides is 2. The summed E-state index contributed by atoms with van der Waals surface area (Å²) in [5.41, 5.74) is 0. The molecule has 0 spiro atoms. The third kappa shape index (κ3) is 19.3. The van der Waals surface area contributed by atoms with Gasteiger partial charge in [-0.3, -0.25) is 0 Å². The quantitative estimate of drug-likeness (QED) is 0.115. The minimum atomic E-state index is -0.600. The van der Waals surface area contributed by atoms with Crippen molar-refractivity contribution in [2.24, 2.45) is 5.92 Å². The topological polar surface area (TPSA) is 129 Å². The molecule has 0 saturated heterocycles. The molecule has 0 fully saturated rings. The molecule has 0 aromatic rings. The number of carbonyl (C=O) groups is 4.